The summed E-state index contributed by atoms with van der Waals surface area (Å²) in [4.78, 5) is 9.87. The van der Waals surface area contributed by atoms with Crippen LogP contribution in [0.15, 0.2) is 34.3 Å². The zero-order valence-electron chi connectivity index (χ0n) is 28.5. The SMILES string of the molecule is CC(C)(C)c1cc(C=NC(C)(C)C(C)(C)N=Cc2cc(C(C)(C)C)cc(C(C)(C)C)c2[O-])c([O-])c(C(C)(C)C)c1.[Co+2]. The van der Waals surface area contributed by atoms with Gasteiger partial charge in [-0.05, 0) is 82.7 Å². The molecule has 0 aromatic heterocycles. The first kappa shape index (κ1) is 36.9. The van der Waals surface area contributed by atoms with E-state index in [2.05, 4.69) is 95.2 Å². The summed E-state index contributed by atoms with van der Waals surface area (Å²) in [6, 6.07) is 8.06. The van der Waals surface area contributed by atoms with Crippen molar-refractivity contribution in [1.29, 1.82) is 0 Å². The van der Waals surface area contributed by atoms with E-state index in [0.29, 0.717) is 11.1 Å². The summed E-state index contributed by atoms with van der Waals surface area (Å²) in [5.41, 5.74) is 2.99. The van der Waals surface area contributed by atoms with Crippen LogP contribution in [0.3, 0.4) is 0 Å². The third kappa shape index (κ3) is 8.70. The second-order valence-corrected chi connectivity index (χ2v) is 16.5. The van der Waals surface area contributed by atoms with E-state index in [1.54, 1.807) is 12.4 Å². The zero-order chi connectivity index (χ0) is 31.3. The van der Waals surface area contributed by atoms with Crippen LogP contribution in [0.2, 0.25) is 0 Å². The van der Waals surface area contributed by atoms with Crippen molar-refractivity contribution >= 4 is 12.4 Å². The molecule has 1 radical (unpaired) electrons. The van der Waals surface area contributed by atoms with Crippen molar-refractivity contribution in [3.05, 3.63) is 57.6 Å². The van der Waals surface area contributed by atoms with Crippen LogP contribution in [-0.2, 0) is 38.4 Å². The maximum Gasteiger partial charge on any atom is 2.00 e. The van der Waals surface area contributed by atoms with E-state index in [1.165, 1.54) is 0 Å². The number of nitrogens with zero attached hydrogens (tertiary/aromatic N) is 2. The topological polar surface area (TPSA) is 70.8 Å². The quantitative estimate of drug-likeness (QED) is 0.323. The van der Waals surface area contributed by atoms with Gasteiger partial charge in [0.15, 0.2) is 0 Å². The van der Waals surface area contributed by atoms with Crippen LogP contribution >= 0.6 is 0 Å². The fourth-order valence-corrected chi connectivity index (χ4v) is 4.25. The van der Waals surface area contributed by atoms with Crippen LogP contribution in [0.4, 0.5) is 0 Å². The molecule has 0 aliphatic rings. The normalized spacial score (nSPS) is 14.1. The molecule has 2 aromatic carbocycles. The number of aliphatic imine (C=N–C) groups is 2. The minimum atomic E-state index is -0.646. The molecule has 2 rings (SSSR count). The molecule has 0 heterocycles. The molecule has 2 aromatic rings. The van der Waals surface area contributed by atoms with Gasteiger partial charge in [-0.25, -0.2) is 0 Å². The van der Waals surface area contributed by atoms with Gasteiger partial charge in [0.2, 0.25) is 0 Å². The van der Waals surface area contributed by atoms with Crippen molar-refractivity contribution in [2.45, 2.75) is 144 Å². The van der Waals surface area contributed by atoms with Crippen molar-refractivity contribution in [1.82, 2.24) is 0 Å². The summed E-state index contributed by atoms with van der Waals surface area (Å²) < 4.78 is 0. The van der Waals surface area contributed by atoms with Crippen LogP contribution < -0.4 is 10.2 Å². The van der Waals surface area contributed by atoms with E-state index < -0.39 is 11.1 Å². The third-order valence-electron chi connectivity index (χ3n) is 8.13. The number of benzene rings is 2. The minimum absolute atomic E-state index is 0. The second kappa shape index (κ2) is 11.9. The monoisotopic (exact) mass is 605 g/mol. The molecular formula is C36H54CoN2O2. The predicted octanol–water partition coefficient (Wildman–Crippen LogP) is 8.12. The Kier molecular flexibility index (Phi) is 10.7. The Morgan fingerprint density at radius 3 is 0.951 bits per heavy atom. The number of hydrogen-bond donors (Lipinski definition) is 0. The van der Waals surface area contributed by atoms with Crippen LogP contribution in [0.25, 0.3) is 0 Å². The number of rotatable bonds is 5. The van der Waals surface area contributed by atoms with Gasteiger partial charge in [-0.15, -0.1) is 0 Å². The molecule has 0 N–H and O–H groups in total. The van der Waals surface area contributed by atoms with Gasteiger partial charge in [0.05, 0.1) is 11.1 Å². The maximum absolute atomic E-state index is 13.5. The molecule has 0 amide bonds. The summed E-state index contributed by atoms with van der Waals surface area (Å²) in [6.07, 6.45) is 3.45. The molecule has 0 unspecified atom stereocenters. The van der Waals surface area contributed by atoms with E-state index in [9.17, 15) is 10.2 Å². The Balaban J connectivity index is 0.00000840. The first-order valence-electron chi connectivity index (χ1n) is 14.5. The summed E-state index contributed by atoms with van der Waals surface area (Å²) in [7, 11) is 0. The van der Waals surface area contributed by atoms with Crippen molar-refractivity contribution < 1.29 is 27.0 Å². The minimum Gasteiger partial charge on any atom is -0.872 e. The van der Waals surface area contributed by atoms with Crippen molar-refractivity contribution in [2.24, 2.45) is 9.98 Å². The van der Waals surface area contributed by atoms with Gasteiger partial charge in [-0.2, -0.15) is 0 Å². The Bertz CT molecular complexity index is 1190. The van der Waals surface area contributed by atoms with Crippen LogP contribution in [0.1, 0.15) is 144 Å². The molecule has 0 aliphatic heterocycles. The predicted molar refractivity (Wildman–Crippen MR) is 170 cm³/mol. The average Bonchev–Trinajstić information content (AvgIpc) is 2.74. The van der Waals surface area contributed by atoms with E-state index >= 15 is 0 Å². The van der Waals surface area contributed by atoms with Gasteiger partial charge >= 0.3 is 16.8 Å². The largest absolute Gasteiger partial charge is 2.00 e. The van der Waals surface area contributed by atoms with E-state index in [1.807, 2.05) is 39.8 Å². The zero-order valence-corrected chi connectivity index (χ0v) is 29.5. The van der Waals surface area contributed by atoms with Crippen molar-refractivity contribution in [2.75, 3.05) is 0 Å². The molecule has 0 bridgehead atoms. The summed E-state index contributed by atoms with van der Waals surface area (Å²) in [6.45, 7) is 33.5. The van der Waals surface area contributed by atoms with Crippen molar-refractivity contribution in [3.63, 3.8) is 0 Å². The fraction of sp³-hybridized carbons (Fsp3) is 0.611. The van der Waals surface area contributed by atoms with Gasteiger partial charge in [-0.1, -0.05) is 119 Å². The van der Waals surface area contributed by atoms with Gasteiger partial charge in [0.25, 0.3) is 0 Å². The summed E-state index contributed by atoms with van der Waals surface area (Å²) in [5.74, 6) is 0.0390. The number of hydrogen-bond acceptors (Lipinski definition) is 4. The van der Waals surface area contributed by atoms with Gasteiger partial charge < -0.3 is 10.2 Å². The Morgan fingerprint density at radius 2 is 0.732 bits per heavy atom. The molecule has 4 nitrogen and oxygen atoms in total. The van der Waals surface area contributed by atoms with Gasteiger partial charge in [0.1, 0.15) is 0 Å². The first-order chi connectivity index (χ1) is 17.7. The first-order valence-corrected chi connectivity index (χ1v) is 14.5. The van der Waals surface area contributed by atoms with Crippen LogP contribution in [0.5, 0.6) is 11.5 Å². The Hall–Kier alpha value is -2.11. The molecule has 0 atom stereocenters. The molecule has 0 fully saturated rings. The molecule has 229 valence electrons. The van der Waals surface area contributed by atoms with Crippen molar-refractivity contribution in [3.8, 4) is 11.5 Å². The molecule has 0 spiro atoms. The third-order valence-corrected chi connectivity index (χ3v) is 8.13. The van der Waals surface area contributed by atoms with Gasteiger partial charge in [-0.3, -0.25) is 9.98 Å². The fourth-order valence-electron chi connectivity index (χ4n) is 4.25. The maximum atomic E-state index is 13.5. The molecule has 5 heteroatoms. The second-order valence-electron chi connectivity index (χ2n) is 16.5. The molecule has 41 heavy (non-hydrogen) atoms. The molecular weight excluding hydrogens is 551 g/mol. The summed E-state index contributed by atoms with van der Waals surface area (Å²) in [5, 5.41) is 27.0. The van der Waals surface area contributed by atoms with Gasteiger partial charge in [0, 0.05) is 12.4 Å². The van der Waals surface area contributed by atoms with E-state index in [0.717, 1.165) is 22.3 Å². The van der Waals surface area contributed by atoms with Crippen LogP contribution in [0, 0.1) is 0 Å². The van der Waals surface area contributed by atoms with E-state index in [-0.39, 0.29) is 49.9 Å². The molecule has 0 aliphatic carbocycles. The molecule has 0 saturated heterocycles. The molecule has 0 saturated carbocycles. The Morgan fingerprint density at radius 1 is 0.463 bits per heavy atom. The Labute approximate surface area is 261 Å². The smallest absolute Gasteiger partial charge is 0.872 e. The average molecular weight is 606 g/mol. The van der Waals surface area contributed by atoms with Crippen LogP contribution in [-0.4, -0.2) is 23.5 Å². The summed E-state index contributed by atoms with van der Waals surface area (Å²) >= 11 is 0. The van der Waals surface area contributed by atoms with E-state index in [4.69, 9.17) is 9.98 Å². The standard InChI is InChI=1S/C36H56N2O2.Co/c1-31(2,3)25-17-23(29(39)27(19-25)33(7,8)9)21-37-35(13,14)36(15,16)38-22-24-18-26(32(4,5)6)20-28(30(24)40)34(10,11)12;/h17-22,39-40H,1-16H3;/q;+2/p-2.